The molecule has 7 heteroatoms. The van der Waals surface area contributed by atoms with Crippen molar-refractivity contribution in [2.75, 3.05) is 59.7 Å². The lowest BCUT2D eigenvalue weighted by Gasteiger charge is -2.41. The Morgan fingerprint density at radius 2 is 1.93 bits per heavy atom. The smallest absolute Gasteiger partial charge is 0.225 e. The topological polar surface area (TPSA) is 71.1 Å². The van der Waals surface area contributed by atoms with Crippen molar-refractivity contribution in [3.63, 3.8) is 0 Å². The highest BCUT2D eigenvalue weighted by Crippen LogP contribution is 2.37. The maximum Gasteiger partial charge on any atom is 0.225 e. The van der Waals surface area contributed by atoms with Gasteiger partial charge in [0.15, 0.2) is 0 Å². The highest BCUT2D eigenvalue weighted by atomic mass is 16.5. The molecule has 2 aliphatic heterocycles. The van der Waals surface area contributed by atoms with E-state index in [9.17, 15) is 9.59 Å². The molecular weight excluding hydrogens is 382 g/mol. The number of hydrogen-bond donors (Lipinski definition) is 1. The summed E-state index contributed by atoms with van der Waals surface area (Å²) in [6, 6.07) is 7.91. The molecule has 30 heavy (non-hydrogen) atoms. The number of methoxy groups -OCH3 is 1. The summed E-state index contributed by atoms with van der Waals surface area (Å²) in [6.45, 7) is 8.11. The normalized spacial score (nSPS) is 22.9. The molecule has 3 rings (SSSR count). The summed E-state index contributed by atoms with van der Waals surface area (Å²) in [5.41, 5.74) is 2.17. The van der Waals surface area contributed by atoms with Crippen molar-refractivity contribution in [1.82, 2.24) is 15.1 Å². The molecule has 0 radical (unpaired) electrons. The Balaban J connectivity index is 1.64. The van der Waals surface area contributed by atoms with E-state index >= 15 is 0 Å². The number of nitrogens with zero attached hydrogens (tertiary/aromatic N) is 2. The van der Waals surface area contributed by atoms with E-state index in [0.29, 0.717) is 32.5 Å². The van der Waals surface area contributed by atoms with Gasteiger partial charge in [0.25, 0.3) is 0 Å². The Morgan fingerprint density at radius 1 is 1.20 bits per heavy atom. The van der Waals surface area contributed by atoms with Gasteiger partial charge in [0.1, 0.15) is 0 Å². The predicted octanol–water partition coefficient (Wildman–Crippen LogP) is 1.76. The van der Waals surface area contributed by atoms with Crippen LogP contribution < -0.4 is 5.32 Å². The summed E-state index contributed by atoms with van der Waals surface area (Å²) in [4.78, 5) is 30.0. The van der Waals surface area contributed by atoms with E-state index in [1.807, 2.05) is 36.1 Å². The van der Waals surface area contributed by atoms with Crippen molar-refractivity contribution in [1.29, 1.82) is 0 Å². The number of nitrogens with one attached hydrogen (secondary N) is 1. The number of morpholine rings is 1. The number of ether oxygens (including phenoxy) is 2. The molecule has 2 atom stereocenters. The summed E-state index contributed by atoms with van der Waals surface area (Å²) >= 11 is 0. The fourth-order valence-corrected chi connectivity index (χ4v) is 4.33. The minimum atomic E-state index is -0.249. The van der Waals surface area contributed by atoms with Crippen LogP contribution in [0, 0.1) is 12.8 Å². The molecular formula is C23H35N3O4. The maximum absolute atomic E-state index is 13.1. The Hall–Kier alpha value is -1.96. The number of benzene rings is 1. The third-order valence-corrected chi connectivity index (χ3v) is 6.05. The van der Waals surface area contributed by atoms with Crippen LogP contribution in [0.4, 0.5) is 0 Å². The van der Waals surface area contributed by atoms with Crippen molar-refractivity contribution in [3.8, 4) is 0 Å². The number of hydrogen-bond acceptors (Lipinski definition) is 5. The minimum Gasteiger partial charge on any atom is -0.383 e. The second kappa shape index (κ2) is 11.4. The quantitative estimate of drug-likeness (QED) is 0.620. The van der Waals surface area contributed by atoms with Gasteiger partial charge in [-0.2, -0.15) is 0 Å². The molecule has 0 saturated carbocycles. The van der Waals surface area contributed by atoms with E-state index in [1.54, 1.807) is 7.11 Å². The molecule has 2 fully saturated rings. The zero-order valence-electron chi connectivity index (χ0n) is 18.3. The first-order valence-electron chi connectivity index (χ1n) is 11.0. The molecule has 7 nitrogen and oxygen atoms in total. The molecule has 0 spiro atoms. The highest BCUT2D eigenvalue weighted by Gasteiger charge is 2.40. The predicted molar refractivity (Wildman–Crippen MR) is 115 cm³/mol. The van der Waals surface area contributed by atoms with E-state index in [0.717, 1.165) is 50.4 Å². The number of piperidine rings is 1. The zero-order chi connectivity index (χ0) is 21.3. The van der Waals surface area contributed by atoms with Crippen LogP contribution in [-0.4, -0.2) is 81.3 Å². The maximum atomic E-state index is 13.1. The number of likely N-dealkylation sites (tertiary alicyclic amines) is 1. The third-order valence-electron chi connectivity index (χ3n) is 6.05. The van der Waals surface area contributed by atoms with E-state index in [-0.39, 0.29) is 23.8 Å². The fraction of sp³-hybridized carbons (Fsp3) is 0.652. The van der Waals surface area contributed by atoms with Crippen molar-refractivity contribution >= 4 is 11.8 Å². The zero-order valence-corrected chi connectivity index (χ0v) is 18.3. The molecule has 2 saturated heterocycles. The number of carbonyl (C=O) groups is 2. The number of rotatable bonds is 9. The van der Waals surface area contributed by atoms with Gasteiger partial charge in [-0.3, -0.25) is 14.5 Å². The van der Waals surface area contributed by atoms with E-state index in [1.165, 1.54) is 0 Å². The van der Waals surface area contributed by atoms with Crippen molar-refractivity contribution in [3.05, 3.63) is 35.4 Å². The van der Waals surface area contributed by atoms with Gasteiger partial charge < -0.3 is 19.7 Å². The van der Waals surface area contributed by atoms with Crippen LogP contribution in [0.25, 0.3) is 0 Å². The minimum absolute atomic E-state index is 0.0393. The Kier molecular flexibility index (Phi) is 8.66. The second-order valence-corrected chi connectivity index (χ2v) is 8.18. The summed E-state index contributed by atoms with van der Waals surface area (Å²) in [5, 5.41) is 3.13. The second-order valence-electron chi connectivity index (χ2n) is 8.18. The summed E-state index contributed by atoms with van der Waals surface area (Å²) < 4.78 is 10.6. The average molecular weight is 418 g/mol. The van der Waals surface area contributed by atoms with Crippen LogP contribution in [0.3, 0.4) is 0 Å². The van der Waals surface area contributed by atoms with Gasteiger partial charge in [0.2, 0.25) is 11.8 Å². The fourth-order valence-electron chi connectivity index (χ4n) is 4.33. The van der Waals surface area contributed by atoms with Gasteiger partial charge in [0, 0.05) is 39.7 Å². The summed E-state index contributed by atoms with van der Waals surface area (Å²) in [5.74, 6) is -0.114. The lowest BCUT2D eigenvalue weighted by atomic mass is 9.83. The van der Waals surface area contributed by atoms with Gasteiger partial charge in [-0.25, -0.2) is 0 Å². The van der Waals surface area contributed by atoms with Crippen LogP contribution in [0.15, 0.2) is 24.3 Å². The number of aryl methyl sites for hydroxylation is 1. The largest absolute Gasteiger partial charge is 0.383 e. The monoisotopic (exact) mass is 417 g/mol. The first-order chi connectivity index (χ1) is 14.6. The SMILES string of the molecule is COCCN1C(=O)CC[C@@H](C(=O)NCCCN2CCOCC2)[C@H]1c1ccc(C)cc1. The van der Waals surface area contributed by atoms with Crippen LogP contribution in [0.2, 0.25) is 0 Å². The Morgan fingerprint density at radius 3 is 2.63 bits per heavy atom. The molecule has 2 heterocycles. The first kappa shape index (κ1) is 22.7. The third kappa shape index (κ3) is 6.03. The molecule has 0 unspecified atom stereocenters. The van der Waals surface area contributed by atoms with E-state index in [4.69, 9.17) is 9.47 Å². The molecule has 2 aliphatic rings. The average Bonchev–Trinajstić information content (AvgIpc) is 2.77. The van der Waals surface area contributed by atoms with Crippen molar-refractivity contribution < 1.29 is 19.1 Å². The van der Waals surface area contributed by atoms with Crippen LogP contribution in [-0.2, 0) is 19.1 Å². The molecule has 1 aromatic carbocycles. The molecule has 0 bridgehead atoms. The summed E-state index contributed by atoms with van der Waals surface area (Å²) in [7, 11) is 1.63. The molecule has 0 aromatic heterocycles. The van der Waals surface area contributed by atoms with Crippen LogP contribution in [0.5, 0.6) is 0 Å². The first-order valence-corrected chi connectivity index (χ1v) is 11.0. The van der Waals surface area contributed by atoms with E-state index in [2.05, 4.69) is 10.2 Å². The Bertz CT molecular complexity index is 688. The molecule has 2 amide bonds. The molecule has 1 aromatic rings. The van der Waals surface area contributed by atoms with Crippen molar-refractivity contribution in [2.24, 2.45) is 5.92 Å². The highest BCUT2D eigenvalue weighted by molar-refractivity contribution is 5.85. The standard InChI is InChI=1S/C23H35N3O4/c1-18-4-6-19(7-5-18)22-20(8-9-21(27)26(22)14-15-29-2)23(28)24-10-3-11-25-12-16-30-17-13-25/h4-7,20,22H,3,8-17H2,1-2H3,(H,24,28)/t20-,22-/m1/s1. The van der Waals surface area contributed by atoms with Gasteiger partial charge in [-0.05, 0) is 31.9 Å². The van der Waals surface area contributed by atoms with Gasteiger partial charge in [0.05, 0.1) is 31.8 Å². The Labute approximate surface area is 179 Å². The van der Waals surface area contributed by atoms with E-state index < -0.39 is 0 Å². The van der Waals surface area contributed by atoms with Crippen LogP contribution in [0.1, 0.15) is 36.4 Å². The molecule has 0 aliphatic carbocycles. The molecule has 1 N–H and O–H groups in total. The van der Waals surface area contributed by atoms with Gasteiger partial charge in [-0.1, -0.05) is 29.8 Å². The number of carbonyl (C=O) groups excluding carboxylic acids is 2. The van der Waals surface area contributed by atoms with Crippen molar-refractivity contribution in [2.45, 2.75) is 32.2 Å². The van der Waals surface area contributed by atoms with Crippen LogP contribution >= 0.6 is 0 Å². The van der Waals surface area contributed by atoms with Gasteiger partial charge >= 0.3 is 0 Å². The lowest BCUT2D eigenvalue weighted by molar-refractivity contribution is -0.144. The lowest BCUT2D eigenvalue weighted by Crippen LogP contribution is -2.49. The van der Waals surface area contributed by atoms with Gasteiger partial charge in [-0.15, -0.1) is 0 Å². The number of amides is 2. The molecule has 166 valence electrons. The summed E-state index contributed by atoms with van der Waals surface area (Å²) in [6.07, 6.45) is 1.90.